The van der Waals surface area contributed by atoms with Crippen LogP contribution in [0.5, 0.6) is 0 Å². The first kappa shape index (κ1) is 19.7. The van der Waals surface area contributed by atoms with E-state index in [2.05, 4.69) is 15.7 Å². The van der Waals surface area contributed by atoms with Crippen molar-refractivity contribution in [3.8, 4) is 0 Å². The standard InChI is InChI=1S/C17H27N5O2.ClH/c23-15(21-12-2-1-3-13-21)5-9-19-16(24)17(6-10-18-11-7-17)22-14-4-8-20-22;/h4,8,14,18H,1-3,5-7,9-13H2,(H,19,24);1H. The molecular weight excluding hydrogens is 342 g/mol. The predicted octanol–water partition coefficient (Wildman–Crippen LogP) is 0.902. The molecular formula is C17H28ClN5O2. The van der Waals surface area contributed by atoms with Crippen molar-refractivity contribution in [2.45, 2.75) is 44.1 Å². The molecule has 0 unspecified atom stereocenters. The molecule has 0 atom stereocenters. The summed E-state index contributed by atoms with van der Waals surface area (Å²) in [4.78, 5) is 27.0. The van der Waals surface area contributed by atoms with E-state index in [9.17, 15) is 9.59 Å². The highest BCUT2D eigenvalue weighted by Gasteiger charge is 2.41. The van der Waals surface area contributed by atoms with Gasteiger partial charge in [-0.1, -0.05) is 0 Å². The molecule has 2 N–H and O–H groups in total. The zero-order chi connectivity index (χ0) is 16.8. The average molecular weight is 370 g/mol. The molecule has 0 aromatic carbocycles. The number of hydrogen-bond acceptors (Lipinski definition) is 4. The van der Waals surface area contributed by atoms with Gasteiger partial charge in [0.15, 0.2) is 0 Å². The van der Waals surface area contributed by atoms with E-state index in [0.717, 1.165) is 39.0 Å². The van der Waals surface area contributed by atoms with E-state index in [1.54, 1.807) is 10.9 Å². The number of nitrogens with one attached hydrogen (secondary N) is 2. The Balaban J connectivity index is 0.00000225. The molecule has 2 aliphatic rings. The third kappa shape index (κ3) is 4.52. The van der Waals surface area contributed by atoms with Crippen LogP contribution in [0.15, 0.2) is 18.5 Å². The van der Waals surface area contributed by atoms with Crippen molar-refractivity contribution in [2.24, 2.45) is 0 Å². The fourth-order valence-electron chi connectivity index (χ4n) is 3.67. The topological polar surface area (TPSA) is 79.3 Å². The summed E-state index contributed by atoms with van der Waals surface area (Å²) in [5.41, 5.74) is -0.636. The lowest BCUT2D eigenvalue weighted by Gasteiger charge is -2.36. The fraction of sp³-hybridized carbons (Fsp3) is 0.706. The third-order valence-corrected chi connectivity index (χ3v) is 5.13. The summed E-state index contributed by atoms with van der Waals surface area (Å²) >= 11 is 0. The molecule has 2 aliphatic heterocycles. The van der Waals surface area contributed by atoms with Gasteiger partial charge in [-0.15, -0.1) is 12.4 Å². The van der Waals surface area contributed by atoms with Crippen molar-refractivity contribution in [1.29, 1.82) is 0 Å². The van der Waals surface area contributed by atoms with Crippen molar-refractivity contribution in [3.05, 3.63) is 18.5 Å². The molecule has 0 spiro atoms. The van der Waals surface area contributed by atoms with Gasteiger partial charge in [-0.2, -0.15) is 5.10 Å². The molecule has 7 nitrogen and oxygen atoms in total. The number of halogens is 1. The Morgan fingerprint density at radius 2 is 1.88 bits per heavy atom. The second kappa shape index (κ2) is 9.20. The van der Waals surface area contributed by atoms with E-state index in [-0.39, 0.29) is 24.2 Å². The van der Waals surface area contributed by atoms with Gasteiger partial charge in [0, 0.05) is 38.4 Å². The van der Waals surface area contributed by atoms with Gasteiger partial charge in [-0.25, -0.2) is 0 Å². The minimum atomic E-state index is -0.636. The Morgan fingerprint density at radius 3 is 2.52 bits per heavy atom. The Hall–Kier alpha value is -1.60. The maximum absolute atomic E-state index is 12.9. The molecule has 3 rings (SSSR count). The van der Waals surface area contributed by atoms with Gasteiger partial charge in [0.1, 0.15) is 5.54 Å². The third-order valence-electron chi connectivity index (χ3n) is 5.13. The molecule has 3 heterocycles. The number of carbonyl (C=O) groups is 2. The lowest BCUT2D eigenvalue weighted by molar-refractivity contribution is -0.133. The summed E-state index contributed by atoms with van der Waals surface area (Å²) in [6.45, 7) is 3.69. The lowest BCUT2D eigenvalue weighted by Crippen LogP contribution is -2.55. The molecule has 140 valence electrons. The SMILES string of the molecule is Cl.O=C(CCNC(=O)C1(n2cccn2)CCNCC1)N1CCCCC1. The molecule has 25 heavy (non-hydrogen) atoms. The molecule has 0 bridgehead atoms. The number of rotatable bonds is 5. The van der Waals surface area contributed by atoms with Crippen LogP contribution in [0.1, 0.15) is 38.5 Å². The van der Waals surface area contributed by atoms with Gasteiger partial charge in [-0.05, 0) is 51.3 Å². The van der Waals surface area contributed by atoms with Gasteiger partial charge in [0.25, 0.3) is 0 Å². The number of hydrogen-bond donors (Lipinski definition) is 2. The van der Waals surface area contributed by atoms with Gasteiger partial charge in [0.2, 0.25) is 11.8 Å². The minimum Gasteiger partial charge on any atom is -0.353 e. The second-order valence-electron chi connectivity index (χ2n) is 6.68. The van der Waals surface area contributed by atoms with Crippen LogP contribution >= 0.6 is 12.4 Å². The highest BCUT2D eigenvalue weighted by Crippen LogP contribution is 2.27. The zero-order valence-corrected chi connectivity index (χ0v) is 15.4. The molecule has 2 amide bonds. The number of piperidine rings is 2. The van der Waals surface area contributed by atoms with Crippen molar-refractivity contribution >= 4 is 24.2 Å². The molecule has 1 aromatic rings. The van der Waals surface area contributed by atoms with E-state index < -0.39 is 5.54 Å². The summed E-state index contributed by atoms with van der Waals surface area (Å²) in [6, 6.07) is 1.84. The first-order chi connectivity index (χ1) is 11.7. The van der Waals surface area contributed by atoms with Crippen molar-refractivity contribution < 1.29 is 9.59 Å². The Kier molecular flexibility index (Phi) is 7.25. The number of likely N-dealkylation sites (tertiary alicyclic amines) is 1. The van der Waals surface area contributed by atoms with Crippen LogP contribution in [0.4, 0.5) is 0 Å². The number of aromatic nitrogens is 2. The Bertz CT molecular complexity index is 551. The summed E-state index contributed by atoms with van der Waals surface area (Å²) in [7, 11) is 0. The normalized spacial score (nSPS) is 19.8. The van der Waals surface area contributed by atoms with Crippen LogP contribution in [-0.2, 0) is 15.1 Å². The summed E-state index contributed by atoms with van der Waals surface area (Å²) in [5, 5.41) is 10.6. The molecule has 8 heteroatoms. The first-order valence-electron chi connectivity index (χ1n) is 8.99. The van der Waals surface area contributed by atoms with Crippen molar-refractivity contribution in [3.63, 3.8) is 0 Å². The van der Waals surface area contributed by atoms with Gasteiger partial charge < -0.3 is 15.5 Å². The molecule has 0 saturated carbocycles. The highest BCUT2D eigenvalue weighted by molar-refractivity contribution is 5.85. The van der Waals surface area contributed by atoms with E-state index in [1.807, 2.05) is 17.2 Å². The quantitative estimate of drug-likeness (QED) is 0.808. The first-order valence-corrected chi connectivity index (χ1v) is 8.99. The van der Waals surface area contributed by atoms with E-state index >= 15 is 0 Å². The molecule has 1 aromatic heterocycles. The summed E-state index contributed by atoms with van der Waals surface area (Å²) in [6.07, 6.45) is 8.74. The zero-order valence-electron chi connectivity index (χ0n) is 14.6. The molecule has 0 aliphatic carbocycles. The minimum absolute atomic E-state index is 0. The Morgan fingerprint density at radius 1 is 1.16 bits per heavy atom. The summed E-state index contributed by atoms with van der Waals surface area (Å²) in [5.74, 6) is 0.118. The van der Waals surface area contributed by atoms with Crippen LogP contribution < -0.4 is 10.6 Å². The van der Waals surface area contributed by atoms with Crippen LogP contribution in [-0.4, -0.2) is 59.2 Å². The molecule has 0 radical (unpaired) electrons. The van der Waals surface area contributed by atoms with Gasteiger partial charge in [-0.3, -0.25) is 14.3 Å². The molecule has 2 fully saturated rings. The fourth-order valence-corrected chi connectivity index (χ4v) is 3.67. The van der Waals surface area contributed by atoms with Crippen LogP contribution in [0.2, 0.25) is 0 Å². The number of carbonyl (C=O) groups excluding carboxylic acids is 2. The highest BCUT2D eigenvalue weighted by atomic mass is 35.5. The monoisotopic (exact) mass is 369 g/mol. The van der Waals surface area contributed by atoms with E-state index in [0.29, 0.717) is 25.8 Å². The van der Waals surface area contributed by atoms with Crippen molar-refractivity contribution in [2.75, 3.05) is 32.7 Å². The van der Waals surface area contributed by atoms with Gasteiger partial charge in [0.05, 0.1) is 0 Å². The van der Waals surface area contributed by atoms with Crippen LogP contribution in [0, 0.1) is 0 Å². The number of amides is 2. The van der Waals surface area contributed by atoms with Crippen LogP contribution in [0.3, 0.4) is 0 Å². The van der Waals surface area contributed by atoms with Crippen molar-refractivity contribution in [1.82, 2.24) is 25.3 Å². The average Bonchev–Trinajstić information content (AvgIpc) is 3.18. The Labute approximate surface area is 154 Å². The molecule has 2 saturated heterocycles. The maximum atomic E-state index is 12.9. The van der Waals surface area contributed by atoms with Gasteiger partial charge >= 0.3 is 0 Å². The lowest BCUT2D eigenvalue weighted by atomic mass is 9.87. The smallest absolute Gasteiger partial charge is 0.248 e. The maximum Gasteiger partial charge on any atom is 0.248 e. The summed E-state index contributed by atoms with van der Waals surface area (Å²) < 4.78 is 1.77. The second-order valence-corrected chi connectivity index (χ2v) is 6.68. The van der Waals surface area contributed by atoms with E-state index in [4.69, 9.17) is 0 Å². The van der Waals surface area contributed by atoms with Crippen LogP contribution in [0.25, 0.3) is 0 Å². The number of nitrogens with zero attached hydrogens (tertiary/aromatic N) is 3. The largest absolute Gasteiger partial charge is 0.353 e. The van der Waals surface area contributed by atoms with E-state index in [1.165, 1.54) is 6.42 Å². The predicted molar refractivity (Wildman–Crippen MR) is 97.6 cm³/mol.